The number of hydrogen-bond acceptors (Lipinski definition) is 2. The second kappa shape index (κ2) is 7.60. The topological polar surface area (TPSA) is 58.2 Å². The van der Waals surface area contributed by atoms with Crippen molar-refractivity contribution < 1.29 is 22.8 Å². The van der Waals surface area contributed by atoms with Crippen LogP contribution in [0.2, 0.25) is 5.02 Å². The summed E-state index contributed by atoms with van der Waals surface area (Å²) in [4.78, 5) is 24.6. The second-order valence-electron chi connectivity index (χ2n) is 6.40. The highest BCUT2D eigenvalue weighted by Gasteiger charge is 2.45. The third-order valence-electron chi connectivity index (χ3n) is 4.74. The van der Waals surface area contributed by atoms with Crippen LogP contribution in [0.1, 0.15) is 24.8 Å². The average Bonchev–Trinajstić information content (AvgIpc) is 2.60. The molecule has 0 bridgehead atoms. The molecule has 2 N–H and O–H groups in total. The Morgan fingerprint density at radius 2 is 1.81 bits per heavy atom. The fourth-order valence-electron chi connectivity index (χ4n) is 3.11. The van der Waals surface area contributed by atoms with E-state index >= 15 is 0 Å². The highest BCUT2D eigenvalue weighted by Crippen LogP contribution is 2.44. The van der Waals surface area contributed by atoms with Gasteiger partial charge in [0.05, 0.1) is 17.6 Å². The molecule has 0 spiro atoms. The number of hydrogen-bond donors (Lipinski definition) is 2. The van der Waals surface area contributed by atoms with Crippen LogP contribution in [0.5, 0.6) is 0 Å². The molecular formula is C19H16ClF3N2O2. The minimum atomic E-state index is -1.67. The summed E-state index contributed by atoms with van der Waals surface area (Å²) in [5.41, 5.74) is -0.481. The number of anilines is 1. The summed E-state index contributed by atoms with van der Waals surface area (Å²) in [5, 5.41) is 5.15. The molecular weight excluding hydrogens is 381 g/mol. The maximum absolute atomic E-state index is 13.6. The van der Waals surface area contributed by atoms with Crippen molar-refractivity contribution in [3.05, 3.63) is 64.4 Å². The lowest BCUT2D eigenvalue weighted by Crippen LogP contribution is -2.50. The van der Waals surface area contributed by atoms with Crippen LogP contribution in [0.3, 0.4) is 0 Å². The van der Waals surface area contributed by atoms with Crippen molar-refractivity contribution in [2.75, 3.05) is 11.9 Å². The molecule has 0 atom stereocenters. The van der Waals surface area contributed by atoms with Crippen molar-refractivity contribution in [1.29, 1.82) is 0 Å². The molecule has 142 valence electrons. The molecule has 2 amide bonds. The maximum Gasteiger partial charge on any atom is 0.243 e. The van der Waals surface area contributed by atoms with E-state index in [9.17, 15) is 22.8 Å². The van der Waals surface area contributed by atoms with Crippen LogP contribution >= 0.6 is 11.6 Å². The lowest BCUT2D eigenvalue weighted by molar-refractivity contribution is -0.131. The molecule has 4 nitrogen and oxygen atoms in total. The quantitative estimate of drug-likeness (QED) is 0.752. The summed E-state index contributed by atoms with van der Waals surface area (Å²) in [6.07, 6.45) is 2.11. The van der Waals surface area contributed by atoms with Crippen molar-refractivity contribution in [3.8, 4) is 0 Å². The first-order chi connectivity index (χ1) is 12.8. The Labute approximate surface area is 158 Å². The van der Waals surface area contributed by atoms with E-state index in [1.807, 2.05) is 0 Å². The lowest BCUT2D eigenvalue weighted by atomic mass is 9.64. The first-order valence-electron chi connectivity index (χ1n) is 8.31. The van der Waals surface area contributed by atoms with E-state index < -0.39 is 41.0 Å². The van der Waals surface area contributed by atoms with Crippen LogP contribution in [0.15, 0.2) is 36.4 Å². The summed E-state index contributed by atoms with van der Waals surface area (Å²) in [7, 11) is 0. The Kier molecular flexibility index (Phi) is 5.41. The molecule has 1 aliphatic rings. The Bertz CT molecular complexity index is 901. The highest BCUT2D eigenvalue weighted by atomic mass is 35.5. The molecule has 8 heteroatoms. The number of halogens is 4. The van der Waals surface area contributed by atoms with E-state index in [1.165, 1.54) is 0 Å². The molecule has 0 heterocycles. The minimum Gasteiger partial charge on any atom is -0.346 e. The van der Waals surface area contributed by atoms with E-state index in [1.54, 1.807) is 24.3 Å². The fraction of sp³-hybridized carbons (Fsp3) is 0.263. The highest BCUT2D eigenvalue weighted by molar-refractivity contribution is 6.30. The third-order valence-corrected chi connectivity index (χ3v) is 4.97. The van der Waals surface area contributed by atoms with Gasteiger partial charge in [-0.3, -0.25) is 9.59 Å². The van der Waals surface area contributed by atoms with Crippen molar-refractivity contribution in [2.24, 2.45) is 0 Å². The number of benzene rings is 2. The molecule has 2 aromatic rings. The van der Waals surface area contributed by atoms with E-state index in [-0.39, 0.29) is 5.91 Å². The Balaban J connectivity index is 1.65. The van der Waals surface area contributed by atoms with Gasteiger partial charge in [0, 0.05) is 5.02 Å². The first-order valence-corrected chi connectivity index (χ1v) is 8.69. The molecule has 0 radical (unpaired) electrons. The first kappa shape index (κ1) is 19.2. The molecule has 0 aliphatic heterocycles. The van der Waals surface area contributed by atoms with Gasteiger partial charge in [0.25, 0.3) is 0 Å². The largest absolute Gasteiger partial charge is 0.346 e. The smallest absolute Gasteiger partial charge is 0.243 e. The Morgan fingerprint density at radius 3 is 2.44 bits per heavy atom. The molecule has 0 unspecified atom stereocenters. The fourth-order valence-corrected chi connectivity index (χ4v) is 3.30. The van der Waals surface area contributed by atoms with Crippen LogP contribution in [-0.4, -0.2) is 18.4 Å². The summed E-state index contributed by atoms with van der Waals surface area (Å²) in [6, 6.07) is 8.60. The van der Waals surface area contributed by atoms with Crippen molar-refractivity contribution >= 4 is 29.1 Å². The molecule has 0 aromatic heterocycles. The molecule has 27 heavy (non-hydrogen) atoms. The van der Waals surface area contributed by atoms with Gasteiger partial charge in [-0.05, 0) is 42.7 Å². The average molecular weight is 397 g/mol. The minimum absolute atomic E-state index is 0.336. The summed E-state index contributed by atoms with van der Waals surface area (Å²) in [5.74, 6) is -5.62. The van der Waals surface area contributed by atoms with Crippen LogP contribution in [0, 0.1) is 17.5 Å². The van der Waals surface area contributed by atoms with Crippen molar-refractivity contribution in [3.63, 3.8) is 0 Å². The van der Waals surface area contributed by atoms with E-state index in [0.717, 1.165) is 18.1 Å². The standard InChI is InChI=1S/C19H16ClF3N2O2/c20-12-4-1-3-11(9-12)19(7-2-8-19)18(27)24-10-15(26)25-14-6-5-13(21)16(22)17(14)23/h1,3-6,9H,2,7-8,10H2,(H,24,27)(H,25,26). The molecule has 0 saturated heterocycles. The van der Waals surface area contributed by atoms with Crippen LogP contribution in [0.25, 0.3) is 0 Å². The van der Waals surface area contributed by atoms with Crippen molar-refractivity contribution in [1.82, 2.24) is 5.32 Å². The van der Waals surface area contributed by atoms with Crippen LogP contribution in [0.4, 0.5) is 18.9 Å². The summed E-state index contributed by atoms with van der Waals surface area (Å²) in [6.45, 7) is -0.431. The van der Waals surface area contributed by atoms with Gasteiger partial charge in [0.1, 0.15) is 0 Å². The van der Waals surface area contributed by atoms with Gasteiger partial charge < -0.3 is 10.6 Å². The van der Waals surface area contributed by atoms with Gasteiger partial charge in [-0.15, -0.1) is 0 Å². The SMILES string of the molecule is O=C(CNC(=O)C1(c2cccc(Cl)c2)CCC1)Nc1ccc(F)c(F)c1F. The van der Waals surface area contributed by atoms with Crippen LogP contribution in [-0.2, 0) is 15.0 Å². The van der Waals surface area contributed by atoms with E-state index in [0.29, 0.717) is 23.9 Å². The molecule has 3 rings (SSSR count). The van der Waals surface area contributed by atoms with Gasteiger partial charge in [0.15, 0.2) is 17.5 Å². The lowest BCUT2D eigenvalue weighted by Gasteiger charge is -2.40. The molecule has 1 fully saturated rings. The zero-order chi connectivity index (χ0) is 19.6. The van der Waals surface area contributed by atoms with Crippen LogP contribution < -0.4 is 10.6 Å². The number of carbonyl (C=O) groups excluding carboxylic acids is 2. The van der Waals surface area contributed by atoms with E-state index in [2.05, 4.69) is 10.6 Å². The predicted octanol–water partition coefficient (Wildman–Crippen LogP) is 3.93. The molecule has 1 aliphatic carbocycles. The second-order valence-corrected chi connectivity index (χ2v) is 6.84. The Hall–Kier alpha value is -2.54. The van der Waals surface area contributed by atoms with Gasteiger partial charge in [0.2, 0.25) is 11.8 Å². The predicted molar refractivity (Wildman–Crippen MR) is 94.9 cm³/mol. The number of amides is 2. The zero-order valence-electron chi connectivity index (χ0n) is 14.1. The van der Waals surface area contributed by atoms with Gasteiger partial charge >= 0.3 is 0 Å². The summed E-state index contributed by atoms with van der Waals surface area (Å²) >= 11 is 6.00. The number of nitrogens with one attached hydrogen (secondary N) is 2. The zero-order valence-corrected chi connectivity index (χ0v) is 14.9. The van der Waals surface area contributed by atoms with Crippen molar-refractivity contribution in [2.45, 2.75) is 24.7 Å². The number of rotatable bonds is 5. The molecule has 1 saturated carbocycles. The normalized spacial score (nSPS) is 15.0. The number of carbonyl (C=O) groups is 2. The van der Waals surface area contributed by atoms with Gasteiger partial charge in [-0.25, -0.2) is 13.2 Å². The Morgan fingerprint density at radius 1 is 1.07 bits per heavy atom. The summed E-state index contributed by atoms with van der Waals surface area (Å²) < 4.78 is 39.7. The molecule has 2 aromatic carbocycles. The van der Waals surface area contributed by atoms with Gasteiger partial charge in [-0.1, -0.05) is 30.2 Å². The van der Waals surface area contributed by atoms with E-state index in [4.69, 9.17) is 11.6 Å². The monoisotopic (exact) mass is 396 g/mol. The van der Waals surface area contributed by atoms with Gasteiger partial charge in [-0.2, -0.15) is 0 Å². The maximum atomic E-state index is 13.6. The third kappa shape index (κ3) is 3.78.